The molecule has 0 spiro atoms. The smallest absolute Gasteiger partial charge is 0.410 e. The van der Waals surface area contributed by atoms with Crippen molar-refractivity contribution in [1.82, 2.24) is 4.90 Å². The second-order valence-corrected chi connectivity index (χ2v) is 8.66. The van der Waals surface area contributed by atoms with Gasteiger partial charge in [-0.25, -0.2) is 4.79 Å². The summed E-state index contributed by atoms with van der Waals surface area (Å²) in [6.07, 6.45) is 2.37. The summed E-state index contributed by atoms with van der Waals surface area (Å²) in [7, 11) is 0. The molecular formula is C17H31NO4. The molecule has 1 amide bonds. The molecule has 1 saturated carbocycles. The molecule has 1 aliphatic heterocycles. The lowest BCUT2D eigenvalue weighted by atomic mass is 9.56. The van der Waals surface area contributed by atoms with E-state index in [1.807, 2.05) is 20.8 Å². The monoisotopic (exact) mass is 313 g/mol. The molecule has 0 aromatic heterocycles. The Morgan fingerprint density at radius 1 is 1.23 bits per heavy atom. The summed E-state index contributed by atoms with van der Waals surface area (Å²) in [5.74, 6) is 0.964. The van der Waals surface area contributed by atoms with Gasteiger partial charge in [0.1, 0.15) is 11.2 Å². The molecule has 2 N–H and O–H groups in total. The van der Waals surface area contributed by atoms with Crippen LogP contribution in [0.3, 0.4) is 0 Å². The Labute approximate surface area is 133 Å². The molecule has 0 aromatic rings. The summed E-state index contributed by atoms with van der Waals surface area (Å²) in [5.41, 5.74) is -2.03. The van der Waals surface area contributed by atoms with Crippen molar-refractivity contribution in [3.63, 3.8) is 0 Å². The van der Waals surface area contributed by atoms with E-state index >= 15 is 0 Å². The molecule has 128 valence electrons. The van der Waals surface area contributed by atoms with E-state index in [0.717, 1.165) is 19.3 Å². The fourth-order valence-corrected chi connectivity index (χ4v) is 4.30. The summed E-state index contributed by atoms with van der Waals surface area (Å²) in [6, 6.07) is 0. The molecule has 2 unspecified atom stereocenters. The SMILES string of the molecule is CC1CC(C)CC(CO)(C2(O)CN(C(=O)OC(C)(C)C)C2)C1. The highest BCUT2D eigenvalue weighted by atomic mass is 16.6. The van der Waals surface area contributed by atoms with Crippen molar-refractivity contribution in [1.29, 1.82) is 0 Å². The molecule has 5 nitrogen and oxygen atoms in total. The van der Waals surface area contributed by atoms with Crippen LogP contribution in [0, 0.1) is 17.3 Å². The van der Waals surface area contributed by atoms with Crippen molar-refractivity contribution in [2.24, 2.45) is 17.3 Å². The number of amides is 1. The van der Waals surface area contributed by atoms with E-state index in [9.17, 15) is 15.0 Å². The van der Waals surface area contributed by atoms with Gasteiger partial charge >= 0.3 is 6.09 Å². The second-order valence-electron chi connectivity index (χ2n) is 8.66. The van der Waals surface area contributed by atoms with Crippen LogP contribution in [0.2, 0.25) is 0 Å². The van der Waals surface area contributed by atoms with Gasteiger partial charge in [-0.3, -0.25) is 0 Å². The number of β-amino-alcohol motifs (C(OH)–C–C–N with tert-alkyl or cyclic N) is 1. The van der Waals surface area contributed by atoms with Crippen molar-refractivity contribution in [2.45, 2.75) is 65.1 Å². The first-order chi connectivity index (χ1) is 10.0. The van der Waals surface area contributed by atoms with Crippen LogP contribution in [-0.4, -0.2) is 52.1 Å². The minimum atomic E-state index is -0.998. The molecule has 2 atom stereocenters. The predicted molar refractivity (Wildman–Crippen MR) is 84.5 cm³/mol. The predicted octanol–water partition coefficient (Wildman–Crippen LogP) is 2.40. The van der Waals surface area contributed by atoms with Crippen LogP contribution >= 0.6 is 0 Å². The Kier molecular flexibility index (Phi) is 4.53. The summed E-state index contributed by atoms with van der Waals surface area (Å²) >= 11 is 0. The number of ether oxygens (including phenoxy) is 1. The molecule has 0 radical (unpaired) electrons. The third-order valence-electron chi connectivity index (χ3n) is 5.13. The average molecular weight is 313 g/mol. The van der Waals surface area contributed by atoms with E-state index in [0.29, 0.717) is 11.8 Å². The van der Waals surface area contributed by atoms with Gasteiger partial charge in [0.2, 0.25) is 0 Å². The largest absolute Gasteiger partial charge is 0.444 e. The molecule has 1 aliphatic carbocycles. The van der Waals surface area contributed by atoms with Gasteiger partial charge in [0.15, 0.2) is 0 Å². The second kappa shape index (κ2) is 5.68. The number of hydrogen-bond acceptors (Lipinski definition) is 4. The highest BCUT2D eigenvalue weighted by molar-refractivity contribution is 5.69. The van der Waals surface area contributed by atoms with Gasteiger partial charge < -0.3 is 19.8 Å². The van der Waals surface area contributed by atoms with Crippen LogP contribution in [0.15, 0.2) is 0 Å². The lowest BCUT2D eigenvalue weighted by Gasteiger charge is -2.59. The highest BCUT2D eigenvalue weighted by Crippen LogP contribution is 2.51. The fraction of sp³-hybridized carbons (Fsp3) is 0.941. The molecule has 22 heavy (non-hydrogen) atoms. The number of likely N-dealkylation sites (tertiary alicyclic amines) is 1. The number of nitrogens with zero attached hydrogens (tertiary/aromatic N) is 1. The van der Waals surface area contributed by atoms with Gasteiger partial charge in [-0.2, -0.15) is 0 Å². The van der Waals surface area contributed by atoms with Gasteiger partial charge in [-0.15, -0.1) is 0 Å². The van der Waals surface area contributed by atoms with Crippen molar-refractivity contribution in [3.8, 4) is 0 Å². The highest BCUT2D eigenvalue weighted by Gasteiger charge is 2.60. The van der Waals surface area contributed by atoms with Crippen molar-refractivity contribution >= 4 is 6.09 Å². The Bertz CT molecular complexity index is 413. The van der Waals surface area contributed by atoms with Crippen LogP contribution < -0.4 is 0 Å². The third-order valence-corrected chi connectivity index (χ3v) is 5.13. The number of hydrogen-bond donors (Lipinski definition) is 2. The Hall–Kier alpha value is -0.810. The quantitative estimate of drug-likeness (QED) is 0.821. The van der Waals surface area contributed by atoms with E-state index in [1.165, 1.54) is 4.90 Å². The average Bonchev–Trinajstić information content (AvgIpc) is 2.31. The minimum Gasteiger partial charge on any atom is -0.444 e. The van der Waals surface area contributed by atoms with E-state index in [4.69, 9.17) is 4.74 Å². The van der Waals surface area contributed by atoms with Gasteiger partial charge in [0.05, 0.1) is 19.7 Å². The van der Waals surface area contributed by atoms with Gasteiger partial charge in [0, 0.05) is 5.41 Å². The number of aliphatic hydroxyl groups excluding tert-OH is 1. The first kappa shape index (κ1) is 17.5. The zero-order valence-corrected chi connectivity index (χ0v) is 14.6. The molecule has 1 saturated heterocycles. The normalized spacial score (nSPS) is 35.0. The fourth-order valence-electron chi connectivity index (χ4n) is 4.30. The van der Waals surface area contributed by atoms with Crippen LogP contribution in [0.4, 0.5) is 4.79 Å². The van der Waals surface area contributed by atoms with Crippen molar-refractivity contribution < 1.29 is 19.7 Å². The van der Waals surface area contributed by atoms with Crippen LogP contribution in [0.5, 0.6) is 0 Å². The zero-order chi connectivity index (χ0) is 16.8. The molecule has 5 heteroatoms. The summed E-state index contributed by atoms with van der Waals surface area (Å²) in [4.78, 5) is 13.6. The molecule has 0 bridgehead atoms. The summed E-state index contributed by atoms with van der Waals surface area (Å²) in [5, 5.41) is 21.0. The topological polar surface area (TPSA) is 70.0 Å². The molecule has 2 fully saturated rings. The van der Waals surface area contributed by atoms with Crippen LogP contribution in [-0.2, 0) is 4.74 Å². The van der Waals surface area contributed by atoms with Gasteiger partial charge in [-0.1, -0.05) is 13.8 Å². The number of carbonyl (C=O) groups is 1. The maximum absolute atomic E-state index is 12.1. The Morgan fingerprint density at radius 3 is 2.14 bits per heavy atom. The zero-order valence-electron chi connectivity index (χ0n) is 14.6. The van der Waals surface area contributed by atoms with Crippen molar-refractivity contribution in [2.75, 3.05) is 19.7 Å². The number of carbonyl (C=O) groups excluding carboxylic acids is 1. The number of rotatable bonds is 2. The standard InChI is InChI=1S/C17H31NO4/c1-12-6-13(2)8-16(7-12,11-19)17(21)9-18(10-17)14(20)22-15(3,4)5/h12-13,19,21H,6-11H2,1-5H3. The Balaban J connectivity index is 2.05. The van der Waals surface area contributed by atoms with E-state index in [1.54, 1.807) is 0 Å². The molecule has 0 aromatic carbocycles. The summed E-state index contributed by atoms with van der Waals surface area (Å²) < 4.78 is 5.34. The minimum absolute atomic E-state index is 0.0274. The molecule has 2 aliphatic rings. The maximum atomic E-state index is 12.1. The first-order valence-electron chi connectivity index (χ1n) is 8.31. The van der Waals surface area contributed by atoms with E-state index in [2.05, 4.69) is 13.8 Å². The van der Waals surface area contributed by atoms with Gasteiger partial charge in [-0.05, 0) is 51.9 Å². The van der Waals surface area contributed by atoms with Crippen LogP contribution in [0.1, 0.15) is 53.9 Å². The maximum Gasteiger partial charge on any atom is 0.410 e. The van der Waals surface area contributed by atoms with E-state index < -0.39 is 16.6 Å². The van der Waals surface area contributed by atoms with Gasteiger partial charge in [0.25, 0.3) is 0 Å². The first-order valence-corrected chi connectivity index (χ1v) is 8.31. The molecule has 2 rings (SSSR count). The van der Waals surface area contributed by atoms with Crippen LogP contribution in [0.25, 0.3) is 0 Å². The Morgan fingerprint density at radius 2 is 1.73 bits per heavy atom. The number of aliphatic hydroxyl groups is 2. The van der Waals surface area contributed by atoms with Crippen molar-refractivity contribution in [3.05, 3.63) is 0 Å². The molecule has 1 heterocycles. The molecular weight excluding hydrogens is 282 g/mol. The lowest BCUT2D eigenvalue weighted by molar-refractivity contribution is -0.207. The lowest BCUT2D eigenvalue weighted by Crippen LogP contribution is -2.73. The van der Waals surface area contributed by atoms with E-state index in [-0.39, 0.29) is 25.8 Å². The summed E-state index contributed by atoms with van der Waals surface area (Å²) in [6.45, 7) is 10.3. The third kappa shape index (κ3) is 3.25.